The summed E-state index contributed by atoms with van der Waals surface area (Å²) in [5, 5.41) is 0. The zero-order valence-corrected chi connectivity index (χ0v) is 22.4. The molecule has 1 saturated heterocycles. The Kier molecular flexibility index (Phi) is 5.67. The van der Waals surface area contributed by atoms with Crippen LogP contribution < -0.4 is 0 Å². The minimum Gasteiger partial charge on any atom is -0.207 e. The Bertz CT molecular complexity index is 1470. The fourth-order valence-electron chi connectivity index (χ4n) is 7.56. The summed E-state index contributed by atoms with van der Waals surface area (Å²) < 4.78 is 30.6. The lowest BCUT2D eigenvalue weighted by molar-refractivity contribution is 0.349. The molecule has 0 saturated carbocycles. The standard InChI is InChI=1S/C33H35NO2S/c1-22-16-18-26(19-17-22)37(35,36)34-32-27-14-8-9-15-28(27)33(34)31-29(24-12-6-3-7-13-24)20-25(21-30(31)32)23-10-4-2-5-11-23/h8-10,12,14-21,30-33H,2-7,11,13H2,1H3/t30-,31+,32+,33-/m1/s1. The molecule has 190 valence electrons. The first-order valence-electron chi connectivity index (χ1n) is 14.1. The highest BCUT2D eigenvalue weighted by molar-refractivity contribution is 7.89. The van der Waals surface area contributed by atoms with Gasteiger partial charge >= 0.3 is 0 Å². The van der Waals surface area contributed by atoms with Crippen molar-refractivity contribution in [3.8, 4) is 0 Å². The number of fused-ring (bicyclic) bond motifs is 8. The van der Waals surface area contributed by atoms with Crippen LogP contribution in [0.2, 0.25) is 0 Å². The van der Waals surface area contributed by atoms with Gasteiger partial charge in [-0.3, -0.25) is 0 Å². The van der Waals surface area contributed by atoms with Crippen molar-refractivity contribution in [3.05, 3.63) is 112 Å². The average Bonchev–Trinajstić information content (AvgIpc) is 3.47. The van der Waals surface area contributed by atoms with Crippen molar-refractivity contribution in [3.63, 3.8) is 0 Å². The number of sulfonamides is 1. The van der Waals surface area contributed by atoms with Gasteiger partial charge in [-0.05, 0) is 104 Å². The summed E-state index contributed by atoms with van der Waals surface area (Å²) in [5.74, 6) is 0.318. The maximum absolute atomic E-state index is 14.3. The van der Waals surface area contributed by atoms with Gasteiger partial charge in [0.2, 0.25) is 10.0 Å². The van der Waals surface area contributed by atoms with E-state index in [-0.39, 0.29) is 23.9 Å². The van der Waals surface area contributed by atoms with Gasteiger partial charge in [0.25, 0.3) is 0 Å². The van der Waals surface area contributed by atoms with Gasteiger partial charge in [0, 0.05) is 11.8 Å². The lowest BCUT2D eigenvalue weighted by Crippen LogP contribution is -2.29. The molecule has 0 amide bonds. The number of aryl methyl sites for hydroxylation is 1. The van der Waals surface area contributed by atoms with Crippen LogP contribution >= 0.6 is 0 Å². The first kappa shape index (κ1) is 23.4. The molecule has 0 radical (unpaired) electrons. The highest BCUT2D eigenvalue weighted by Gasteiger charge is 2.61. The molecule has 0 aromatic heterocycles. The Morgan fingerprint density at radius 2 is 1.43 bits per heavy atom. The minimum atomic E-state index is -3.67. The van der Waals surface area contributed by atoms with E-state index in [2.05, 4.69) is 48.6 Å². The lowest BCUT2D eigenvalue weighted by Gasteiger charge is -2.36. The largest absolute Gasteiger partial charge is 0.244 e. The van der Waals surface area contributed by atoms with Crippen LogP contribution in [0.1, 0.15) is 80.1 Å². The molecule has 0 N–H and O–H groups in total. The smallest absolute Gasteiger partial charge is 0.207 e. The van der Waals surface area contributed by atoms with Crippen molar-refractivity contribution >= 4 is 10.0 Å². The van der Waals surface area contributed by atoms with Crippen molar-refractivity contribution in [2.75, 3.05) is 0 Å². The van der Waals surface area contributed by atoms with E-state index in [0.717, 1.165) is 31.2 Å². The van der Waals surface area contributed by atoms with Crippen molar-refractivity contribution in [1.82, 2.24) is 4.31 Å². The second kappa shape index (κ2) is 8.96. The van der Waals surface area contributed by atoms with E-state index >= 15 is 0 Å². The monoisotopic (exact) mass is 509 g/mol. The van der Waals surface area contributed by atoms with Crippen LogP contribution in [0.15, 0.2) is 100 Å². The van der Waals surface area contributed by atoms with Crippen LogP contribution in [-0.2, 0) is 10.0 Å². The number of allylic oxidation sites excluding steroid dienone is 6. The number of hydrogen-bond donors (Lipinski definition) is 0. The van der Waals surface area contributed by atoms with Gasteiger partial charge in [0.15, 0.2) is 0 Å². The quantitative estimate of drug-likeness (QED) is 0.420. The van der Waals surface area contributed by atoms with Crippen molar-refractivity contribution in [2.45, 2.75) is 75.3 Å². The average molecular weight is 510 g/mol. The fraction of sp³-hybridized carbons (Fsp3) is 0.394. The summed E-state index contributed by atoms with van der Waals surface area (Å²) in [4.78, 5) is 0.404. The molecule has 3 aliphatic carbocycles. The third kappa shape index (κ3) is 3.67. The summed E-state index contributed by atoms with van der Waals surface area (Å²) in [7, 11) is -3.67. The normalized spacial score (nSPS) is 29.1. The number of nitrogens with zero attached hydrogens (tertiary/aromatic N) is 1. The lowest BCUT2D eigenvalue weighted by atomic mass is 9.66. The zero-order chi connectivity index (χ0) is 25.1. The van der Waals surface area contributed by atoms with E-state index in [0.29, 0.717) is 4.90 Å². The predicted octanol–water partition coefficient (Wildman–Crippen LogP) is 7.89. The second-order valence-corrected chi connectivity index (χ2v) is 13.3. The summed E-state index contributed by atoms with van der Waals surface area (Å²) in [6, 6.07) is 15.6. The maximum Gasteiger partial charge on any atom is 0.244 e. The second-order valence-electron chi connectivity index (χ2n) is 11.4. The highest BCUT2D eigenvalue weighted by atomic mass is 32.2. The van der Waals surface area contributed by atoms with E-state index in [4.69, 9.17) is 0 Å². The van der Waals surface area contributed by atoms with Gasteiger partial charge in [0.05, 0.1) is 17.0 Å². The van der Waals surface area contributed by atoms with Crippen LogP contribution in [0.25, 0.3) is 0 Å². The summed E-state index contributed by atoms with van der Waals surface area (Å²) in [6.07, 6.45) is 19.3. The van der Waals surface area contributed by atoms with E-state index in [1.807, 2.05) is 23.4 Å². The topological polar surface area (TPSA) is 37.4 Å². The van der Waals surface area contributed by atoms with Crippen LogP contribution in [0.3, 0.4) is 0 Å². The van der Waals surface area contributed by atoms with Gasteiger partial charge in [-0.2, -0.15) is 4.31 Å². The zero-order valence-electron chi connectivity index (χ0n) is 21.6. The summed E-state index contributed by atoms with van der Waals surface area (Å²) >= 11 is 0. The molecule has 2 bridgehead atoms. The fourth-order valence-corrected chi connectivity index (χ4v) is 9.38. The minimum absolute atomic E-state index is 0.153. The van der Waals surface area contributed by atoms with E-state index in [9.17, 15) is 8.42 Å². The molecular weight excluding hydrogens is 474 g/mol. The Morgan fingerprint density at radius 3 is 2.08 bits per heavy atom. The third-order valence-corrected chi connectivity index (χ3v) is 11.1. The Morgan fingerprint density at radius 1 is 0.784 bits per heavy atom. The molecule has 2 aromatic carbocycles. The number of rotatable bonds is 4. The highest BCUT2D eigenvalue weighted by Crippen LogP contribution is 2.65. The Labute approximate surface area is 221 Å². The van der Waals surface area contributed by atoms with Gasteiger partial charge in [-0.15, -0.1) is 0 Å². The molecule has 2 aromatic rings. The van der Waals surface area contributed by atoms with Gasteiger partial charge in [-0.25, -0.2) is 8.42 Å². The molecule has 37 heavy (non-hydrogen) atoms. The van der Waals surface area contributed by atoms with Crippen LogP contribution in [0.5, 0.6) is 0 Å². The van der Waals surface area contributed by atoms with Crippen molar-refractivity contribution < 1.29 is 8.42 Å². The Balaban J connectivity index is 1.41. The van der Waals surface area contributed by atoms with Gasteiger partial charge in [0.1, 0.15) is 0 Å². The Hall–Kier alpha value is -2.69. The SMILES string of the molecule is Cc1ccc(S(=O)(=O)N2[C@@H]3c4ccccc4[C@H]2[C@@H]2C=C(C4=CCCCC4)C=C(C4=CCCCC4)[C@@H]23)cc1. The molecule has 7 rings (SSSR count). The van der Waals surface area contributed by atoms with E-state index in [1.165, 1.54) is 59.1 Å². The molecule has 0 spiro atoms. The number of benzene rings is 2. The van der Waals surface area contributed by atoms with Gasteiger partial charge in [-0.1, -0.05) is 66.3 Å². The molecule has 5 aliphatic rings. The van der Waals surface area contributed by atoms with Crippen LogP contribution in [0.4, 0.5) is 0 Å². The maximum atomic E-state index is 14.3. The third-order valence-electron chi connectivity index (χ3n) is 9.26. The molecule has 4 atom stereocenters. The van der Waals surface area contributed by atoms with E-state index in [1.54, 1.807) is 12.1 Å². The van der Waals surface area contributed by atoms with Crippen LogP contribution in [-0.4, -0.2) is 12.7 Å². The van der Waals surface area contributed by atoms with Crippen molar-refractivity contribution in [1.29, 1.82) is 0 Å². The molecule has 4 heteroatoms. The molecule has 3 nitrogen and oxygen atoms in total. The number of hydrogen-bond acceptors (Lipinski definition) is 2. The predicted molar refractivity (Wildman–Crippen MR) is 148 cm³/mol. The first-order valence-corrected chi connectivity index (χ1v) is 15.5. The molecule has 2 aliphatic heterocycles. The molecule has 2 heterocycles. The molecule has 0 unspecified atom stereocenters. The molecule has 1 fully saturated rings. The van der Waals surface area contributed by atoms with Gasteiger partial charge < -0.3 is 0 Å². The molecular formula is C33H35NO2S. The van der Waals surface area contributed by atoms with E-state index < -0.39 is 10.0 Å². The van der Waals surface area contributed by atoms with Crippen LogP contribution in [0, 0.1) is 18.8 Å². The summed E-state index contributed by atoms with van der Waals surface area (Å²) in [6.45, 7) is 2.00. The first-order chi connectivity index (χ1) is 18.0. The van der Waals surface area contributed by atoms with Crippen molar-refractivity contribution in [2.24, 2.45) is 11.8 Å². The summed E-state index contributed by atoms with van der Waals surface area (Å²) in [5.41, 5.74) is 9.13.